The molecule has 0 saturated heterocycles. The van der Waals surface area contributed by atoms with Gasteiger partial charge < -0.3 is 5.11 Å². The summed E-state index contributed by atoms with van der Waals surface area (Å²) in [7, 11) is 0. The first-order valence-corrected chi connectivity index (χ1v) is 3.58. The van der Waals surface area contributed by atoms with Crippen LogP contribution in [-0.2, 0) is 4.79 Å². The average Bonchev–Trinajstić information content (AvgIpc) is 1.60. The Morgan fingerprint density at radius 1 is 1.50 bits per heavy atom. The summed E-state index contributed by atoms with van der Waals surface area (Å²) in [6.45, 7) is 8.05. The van der Waals surface area contributed by atoms with Crippen LogP contribution in [0.2, 0.25) is 0 Å². The number of hydrogen-bond acceptors (Lipinski definition) is 1. The zero-order valence-electron chi connectivity index (χ0n) is 7.14. The maximum atomic E-state index is 10.3. The summed E-state index contributed by atoms with van der Waals surface area (Å²) in [5, 5.41) is 8.50. The zero-order valence-corrected chi connectivity index (χ0v) is 7.14. The Labute approximate surface area is 62.2 Å². The van der Waals surface area contributed by atoms with Crippen LogP contribution < -0.4 is 0 Å². The molecule has 0 rings (SSSR count). The highest BCUT2D eigenvalue weighted by atomic mass is 16.4. The third-order valence-electron chi connectivity index (χ3n) is 2.17. The minimum Gasteiger partial charge on any atom is -0.481 e. The van der Waals surface area contributed by atoms with Gasteiger partial charge >= 0.3 is 5.97 Å². The molecule has 2 nitrogen and oxygen atoms in total. The molecule has 0 aliphatic rings. The smallest absolute Gasteiger partial charge is 0.303 e. The molecule has 0 aliphatic carbocycles. The number of carboxylic acid groups (broad SMARTS) is 1. The van der Waals surface area contributed by atoms with Gasteiger partial charge in [-0.2, -0.15) is 0 Å². The monoisotopic (exact) mass is 144 g/mol. The fourth-order valence-electron chi connectivity index (χ4n) is 0.594. The number of aliphatic carboxylic acids is 1. The zero-order chi connectivity index (χ0) is 8.36. The van der Waals surface area contributed by atoms with Crippen LogP contribution >= 0.6 is 0 Å². The lowest BCUT2D eigenvalue weighted by Gasteiger charge is -2.26. The molecule has 0 fully saturated rings. The molecule has 0 saturated carbocycles. The lowest BCUT2D eigenvalue weighted by molar-refractivity contribution is -0.139. The Morgan fingerprint density at radius 2 is 1.90 bits per heavy atom. The predicted molar refractivity (Wildman–Crippen MR) is 40.9 cm³/mol. The van der Waals surface area contributed by atoms with Crippen LogP contribution in [0.25, 0.3) is 0 Å². The van der Waals surface area contributed by atoms with Crippen molar-refractivity contribution in [2.24, 2.45) is 11.3 Å². The van der Waals surface area contributed by atoms with Gasteiger partial charge in [0, 0.05) is 0 Å². The number of carboxylic acids is 1. The normalized spacial score (nSPS) is 12.1. The van der Waals surface area contributed by atoms with Crippen LogP contribution in [-0.4, -0.2) is 11.1 Å². The van der Waals surface area contributed by atoms with E-state index in [2.05, 4.69) is 0 Å². The van der Waals surface area contributed by atoms with Crippen LogP contribution in [0.5, 0.6) is 0 Å². The van der Waals surface area contributed by atoms with E-state index in [1.54, 1.807) is 0 Å². The summed E-state index contributed by atoms with van der Waals surface area (Å²) < 4.78 is 0. The number of carbonyl (C=O) groups is 1. The molecule has 0 aromatic carbocycles. The van der Waals surface area contributed by atoms with E-state index in [9.17, 15) is 4.79 Å². The minimum atomic E-state index is -0.710. The van der Waals surface area contributed by atoms with E-state index in [0.717, 1.165) is 0 Å². The highest BCUT2D eigenvalue weighted by molar-refractivity contribution is 5.67. The van der Waals surface area contributed by atoms with Crippen molar-refractivity contribution in [3.05, 3.63) is 0 Å². The second-order valence-electron chi connectivity index (χ2n) is 3.71. The summed E-state index contributed by atoms with van der Waals surface area (Å²) in [4.78, 5) is 10.3. The summed E-state index contributed by atoms with van der Waals surface area (Å²) >= 11 is 0. The lowest BCUT2D eigenvalue weighted by Crippen LogP contribution is -2.22. The standard InChI is InChI=1S/C8H16O2/c1-6(2)8(3,4)5-7(9)10/h6H,5H2,1-4H3,(H,9,10). The molecule has 10 heavy (non-hydrogen) atoms. The minimum absolute atomic E-state index is 0.0775. The van der Waals surface area contributed by atoms with E-state index in [1.165, 1.54) is 0 Å². The SMILES string of the molecule is CC(C)C(C)(C)CC(=O)O. The van der Waals surface area contributed by atoms with Gasteiger partial charge in [-0.1, -0.05) is 27.7 Å². The van der Waals surface area contributed by atoms with E-state index >= 15 is 0 Å². The van der Waals surface area contributed by atoms with Gasteiger partial charge in [-0.05, 0) is 11.3 Å². The summed E-state index contributed by atoms with van der Waals surface area (Å²) in [6, 6.07) is 0. The summed E-state index contributed by atoms with van der Waals surface area (Å²) in [6.07, 6.45) is 0.255. The highest BCUT2D eigenvalue weighted by Gasteiger charge is 2.24. The van der Waals surface area contributed by atoms with Gasteiger partial charge in [0.15, 0.2) is 0 Å². The van der Waals surface area contributed by atoms with Crippen LogP contribution in [0.3, 0.4) is 0 Å². The van der Waals surface area contributed by atoms with E-state index in [0.29, 0.717) is 5.92 Å². The van der Waals surface area contributed by atoms with Crippen molar-refractivity contribution in [1.29, 1.82) is 0 Å². The van der Waals surface area contributed by atoms with Gasteiger partial charge in [0.1, 0.15) is 0 Å². The van der Waals surface area contributed by atoms with Crippen molar-refractivity contribution in [2.75, 3.05) is 0 Å². The molecule has 0 aromatic rings. The van der Waals surface area contributed by atoms with Gasteiger partial charge in [-0.3, -0.25) is 4.79 Å². The third kappa shape index (κ3) is 2.85. The quantitative estimate of drug-likeness (QED) is 0.659. The molecule has 60 valence electrons. The third-order valence-corrected chi connectivity index (χ3v) is 2.17. The molecule has 0 aliphatic heterocycles. The van der Waals surface area contributed by atoms with Crippen molar-refractivity contribution in [3.63, 3.8) is 0 Å². The van der Waals surface area contributed by atoms with Crippen molar-refractivity contribution in [3.8, 4) is 0 Å². The Bertz CT molecular complexity index is 125. The second kappa shape index (κ2) is 3.04. The van der Waals surface area contributed by atoms with Crippen molar-refractivity contribution < 1.29 is 9.90 Å². The Kier molecular flexibility index (Phi) is 2.88. The van der Waals surface area contributed by atoms with Crippen molar-refractivity contribution in [2.45, 2.75) is 34.1 Å². The molecule has 0 aromatic heterocycles. The maximum Gasteiger partial charge on any atom is 0.303 e. The first-order valence-electron chi connectivity index (χ1n) is 3.58. The van der Waals surface area contributed by atoms with Gasteiger partial charge in [-0.15, -0.1) is 0 Å². The molecular formula is C8H16O2. The van der Waals surface area contributed by atoms with Crippen LogP contribution in [0.1, 0.15) is 34.1 Å². The van der Waals surface area contributed by atoms with Gasteiger partial charge in [-0.25, -0.2) is 0 Å². The number of rotatable bonds is 3. The summed E-state index contributed by atoms with van der Waals surface area (Å²) in [5.74, 6) is -0.290. The Morgan fingerprint density at radius 3 is 2.00 bits per heavy atom. The first kappa shape index (κ1) is 9.47. The van der Waals surface area contributed by atoms with Gasteiger partial charge in [0.25, 0.3) is 0 Å². The Hall–Kier alpha value is -0.530. The van der Waals surface area contributed by atoms with Crippen molar-refractivity contribution >= 4 is 5.97 Å². The number of hydrogen-bond donors (Lipinski definition) is 1. The molecule has 0 atom stereocenters. The molecule has 2 heteroatoms. The average molecular weight is 144 g/mol. The van der Waals surface area contributed by atoms with Crippen molar-refractivity contribution in [1.82, 2.24) is 0 Å². The molecule has 0 bridgehead atoms. The largest absolute Gasteiger partial charge is 0.481 e. The van der Waals surface area contributed by atoms with Crippen LogP contribution in [0.15, 0.2) is 0 Å². The highest BCUT2D eigenvalue weighted by Crippen LogP contribution is 2.29. The topological polar surface area (TPSA) is 37.3 Å². The summed E-state index contributed by atoms with van der Waals surface area (Å²) in [5.41, 5.74) is -0.0775. The molecule has 0 spiro atoms. The van der Waals surface area contributed by atoms with E-state index in [-0.39, 0.29) is 11.8 Å². The van der Waals surface area contributed by atoms with Crippen LogP contribution in [0, 0.1) is 11.3 Å². The Balaban J connectivity index is 3.99. The molecular weight excluding hydrogens is 128 g/mol. The van der Waals surface area contributed by atoms with Gasteiger partial charge in [0.2, 0.25) is 0 Å². The fraction of sp³-hybridized carbons (Fsp3) is 0.875. The van der Waals surface area contributed by atoms with E-state index < -0.39 is 5.97 Å². The van der Waals surface area contributed by atoms with E-state index in [1.807, 2.05) is 27.7 Å². The molecule has 0 radical (unpaired) electrons. The molecule has 0 heterocycles. The maximum absolute atomic E-state index is 10.3. The lowest BCUT2D eigenvalue weighted by atomic mass is 9.78. The van der Waals surface area contributed by atoms with Gasteiger partial charge in [0.05, 0.1) is 6.42 Å². The second-order valence-corrected chi connectivity index (χ2v) is 3.71. The molecule has 0 unspecified atom stereocenters. The first-order chi connectivity index (χ1) is 4.36. The fourth-order valence-corrected chi connectivity index (χ4v) is 0.594. The van der Waals surface area contributed by atoms with E-state index in [4.69, 9.17) is 5.11 Å². The molecule has 1 N–H and O–H groups in total. The predicted octanol–water partition coefficient (Wildman–Crippen LogP) is 2.14. The molecule has 0 amide bonds. The van der Waals surface area contributed by atoms with Crippen LogP contribution in [0.4, 0.5) is 0 Å².